The number of imidazole rings is 3. The first kappa shape index (κ1) is 106. The second-order valence-corrected chi connectivity index (χ2v) is 31.9. The van der Waals surface area contributed by atoms with Crippen LogP contribution in [0.5, 0.6) is 11.5 Å². The normalized spacial score (nSPS) is 12.3. The lowest BCUT2D eigenvalue weighted by molar-refractivity contribution is -0.132. The molecule has 50 heteroatoms. The van der Waals surface area contributed by atoms with Gasteiger partial charge in [0, 0.05) is 166 Å². The molecule has 0 radical (unpaired) electrons. The van der Waals surface area contributed by atoms with Crippen LogP contribution >= 0.6 is 11.6 Å². The molecule has 12 amide bonds. The Bertz CT molecular complexity index is 5800. The number of ether oxygens (including phenoxy) is 7. The van der Waals surface area contributed by atoms with Crippen LogP contribution in [0.4, 0.5) is 28.7 Å². The molecule has 20 N–H and O–H groups in total. The molecular formula is C89H117ClN30O19. The van der Waals surface area contributed by atoms with E-state index in [-0.39, 0.29) is 233 Å². The van der Waals surface area contributed by atoms with Crippen LogP contribution in [0.1, 0.15) is 139 Å². The number of anilines is 5. The van der Waals surface area contributed by atoms with Gasteiger partial charge in [-0.1, -0.05) is 23.7 Å². The van der Waals surface area contributed by atoms with Gasteiger partial charge in [-0.25, -0.2) is 15.0 Å². The van der Waals surface area contributed by atoms with Crippen LogP contribution in [0.25, 0.3) is 5.69 Å². The fourth-order valence-electron chi connectivity index (χ4n) is 14.0. The number of guanidine groups is 2. The monoisotopic (exact) mass is 1940 g/mol. The number of amides is 12. The molecule has 9 aromatic rings. The van der Waals surface area contributed by atoms with Crippen molar-refractivity contribution in [2.45, 2.75) is 82.8 Å². The van der Waals surface area contributed by atoms with Crippen molar-refractivity contribution < 1.29 is 90.7 Å². The number of halogens is 1. The smallest absolute Gasteiger partial charge is 0.291 e. The van der Waals surface area contributed by atoms with Crippen LogP contribution in [0.2, 0.25) is 5.02 Å². The molecule has 0 fully saturated rings. The predicted molar refractivity (Wildman–Crippen MR) is 509 cm³/mol. The number of nitrogens with two attached hydrogens (primary N) is 2. The number of hydrogen-bond donors (Lipinski definition) is 18. The minimum Gasteiger partial charge on any atom is -0.497 e. The molecule has 0 saturated heterocycles. The zero-order chi connectivity index (χ0) is 99.9. The maximum absolute atomic E-state index is 13.9. The summed E-state index contributed by atoms with van der Waals surface area (Å²) < 4.78 is 48.8. The van der Waals surface area contributed by atoms with Gasteiger partial charge in [0.2, 0.25) is 53.0 Å². The average Bonchev–Trinajstić information content (AvgIpc) is 1.60. The van der Waals surface area contributed by atoms with Crippen molar-refractivity contribution in [3.8, 4) is 17.2 Å². The number of methoxy groups -OCH3 is 1. The molecule has 49 nitrogen and oxygen atoms in total. The quantitative estimate of drug-likeness (QED) is 0.0146. The lowest BCUT2D eigenvalue weighted by Crippen LogP contribution is -2.54. The number of hydrogen-bond acceptors (Lipinski definition) is 27. The number of carbonyl (C=O) groups excluding carboxylic acids is 12. The molecule has 139 heavy (non-hydrogen) atoms. The third kappa shape index (κ3) is 33.5. The van der Waals surface area contributed by atoms with E-state index in [4.69, 9.17) is 72.0 Å². The molecular weight excluding hydrogens is 1830 g/mol. The molecule has 6 aromatic heterocycles. The van der Waals surface area contributed by atoms with Gasteiger partial charge in [-0.3, -0.25) is 77.9 Å². The van der Waals surface area contributed by atoms with Crippen molar-refractivity contribution in [2.75, 3.05) is 152 Å². The van der Waals surface area contributed by atoms with Gasteiger partial charge in [-0.2, -0.15) is 0 Å². The molecule has 0 spiro atoms. The molecule has 7 heterocycles. The van der Waals surface area contributed by atoms with Gasteiger partial charge >= 0.3 is 0 Å². The van der Waals surface area contributed by atoms with Crippen molar-refractivity contribution in [1.82, 2.24) is 100 Å². The summed E-state index contributed by atoms with van der Waals surface area (Å²) in [4.78, 5) is 175. The zero-order valence-corrected chi connectivity index (χ0v) is 78.7. The summed E-state index contributed by atoms with van der Waals surface area (Å²) in [5.74, 6) is -4.18. The van der Waals surface area contributed by atoms with Gasteiger partial charge in [0.15, 0.2) is 35.2 Å². The topological polar surface area (TPSA) is 644 Å². The largest absolute Gasteiger partial charge is 0.497 e. The first-order valence-corrected chi connectivity index (χ1v) is 44.8. The van der Waals surface area contributed by atoms with Crippen LogP contribution in [0, 0.1) is 17.7 Å². The van der Waals surface area contributed by atoms with E-state index in [0.717, 1.165) is 16.8 Å². The fraction of sp³-hybridized carbons (Fsp3) is 0.416. The van der Waals surface area contributed by atoms with Crippen LogP contribution in [-0.2, 0) is 92.5 Å². The Morgan fingerprint density at radius 1 is 0.453 bits per heavy atom. The van der Waals surface area contributed by atoms with Gasteiger partial charge in [0.1, 0.15) is 53.4 Å². The van der Waals surface area contributed by atoms with Crippen molar-refractivity contribution in [3.05, 3.63) is 173 Å². The lowest BCUT2D eigenvalue weighted by Gasteiger charge is -2.23. The maximum atomic E-state index is 13.9. The van der Waals surface area contributed by atoms with E-state index >= 15 is 0 Å². The van der Waals surface area contributed by atoms with Crippen molar-refractivity contribution >= 4 is 129 Å². The molecule has 1 aliphatic rings. The minimum atomic E-state index is -1.10. The molecule has 0 aliphatic carbocycles. The number of fused-ring (bicyclic) bond motifs is 3. The zero-order valence-electron chi connectivity index (χ0n) is 77.9. The summed E-state index contributed by atoms with van der Waals surface area (Å²) >= 11 is 6.27. The highest BCUT2D eigenvalue weighted by atomic mass is 35.5. The van der Waals surface area contributed by atoms with Crippen LogP contribution in [0.3, 0.4) is 0 Å². The Hall–Kier alpha value is -15.5. The molecule has 1 aliphatic heterocycles. The molecule has 0 saturated carbocycles. The van der Waals surface area contributed by atoms with E-state index in [1.54, 1.807) is 95.7 Å². The van der Waals surface area contributed by atoms with Crippen LogP contribution < -0.4 is 95.4 Å². The third-order valence-corrected chi connectivity index (χ3v) is 21.1. The molecule has 10 rings (SSSR count). The van der Waals surface area contributed by atoms with E-state index in [1.807, 2.05) is 41.8 Å². The highest BCUT2D eigenvalue weighted by molar-refractivity contribution is 6.30. The summed E-state index contributed by atoms with van der Waals surface area (Å²) in [6.45, 7) is 4.13. The summed E-state index contributed by atoms with van der Waals surface area (Å²) in [5, 5.41) is 62.3. The van der Waals surface area contributed by atoms with Gasteiger partial charge in [-0.15, -0.1) is 10.2 Å². The third-order valence-electron chi connectivity index (χ3n) is 20.8. The Morgan fingerprint density at radius 3 is 1.52 bits per heavy atom. The second-order valence-electron chi connectivity index (χ2n) is 31.5. The fourth-order valence-corrected chi connectivity index (χ4v) is 14.1. The van der Waals surface area contributed by atoms with Crippen molar-refractivity contribution in [3.63, 3.8) is 0 Å². The van der Waals surface area contributed by atoms with Gasteiger partial charge < -0.3 is 142 Å². The summed E-state index contributed by atoms with van der Waals surface area (Å²) in [5.41, 5.74) is 15.5. The van der Waals surface area contributed by atoms with Crippen molar-refractivity contribution in [1.29, 1.82) is 10.8 Å². The van der Waals surface area contributed by atoms with E-state index in [1.165, 1.54) is 55.2 Å². The van der Waals surface area contributed by atoms with E-state index < -0.39 is 77.2 Å². The number of benzene rings is 3. The van der Waals surface area contributed by atoms with Gasteiger partial charge in [0.05, 0.1) is 102 Å². The lowest BCUT2D eigenvalue weighted by atomic mass is 10.00. The van der Waals surface area contributed by atoms with Crippen LogP contribution in [-0.4, -0.2) is 279 Å². The van der Waals surface area contributed by atoms with E-state index in [0.29, 0.717) is 58.1 Å². The second kappa shape index (κ2) is 53.7. The van der Waals surface area contributed by atoms with Gasteiger partial charge in [-0.05, 0) is 99.3 Å². The highest BCUT2D eigenvalue weighted by Gasteiger charge is 2.33. The van der Waals surface area contributed by atoms with Gasteiger partial charge in [0.25, 0.3) is 29.5 Å². The number of aliphatic imine (C=N–C) groups is 1. The number of aromatic nitrogens is 11. The average molecular weight is 1950 g/mol. The Labute approximate surface area is 803 Å². The maximum Gasteiger partial charge on any atom is 0.291 e. The predicted octanol–water partition coefficient (Wildman–Crippen LogP) is 1.46. The SMILES string of the molecule is COc1ccc2c(c1)C(c1ccc(Cl)cc1)=N[C@@H](CC(=O)Nc1ccc(OCCOCCOCCNC(=O)[C@H](CCCNC(=N)N)NC(=O)[C@H](CCCNC(=N)N)NC(=O)CCOCCOCCOCCNC(=O)CCNC(=O)c3nc(NC(=O)CCNC(=O)c4cc(NC(=O)c5nc(NC(=O)CCNC(=O)c6cc(NC(=O)c7nccn7C)cn6C)cn5C)cn4C)cn3C)cc1)c1nnc(C)n1-2. The number of rotatable bonds is 57. The molecule has 744 valence electrons. The summed E-state index contributed by atoms with van der Waals surface area (Å²) in [6, 6.07) is 19.9. The molecule has 3 atom stereocenters. The van der Waals surface area contributed by atoms with E-state index in [2.05, 4.69) is 99.6 Å². The Kier molecular flexibility index (Phi) is 40.8. The highest BCUT2D eigenvalue weighted by Crippen LogP contribution is 2.35. The first-order chi connectivity index (χ1) is 66.9. The molecule has 0 unspecified atom stereocenters. The Balaban J connectivity index is 0.534. The van der Waals surface area contributed by atoms with Crippen LogP contribution in [0.15, 0.2) is 121 Å². The molecule has 0 bridgehead atoms. The van der Waals surface area contributed by atoms with Crippen molar-refractivity contribution in [2.24, 2.45) is 51.7 Å². The number of nitrogens with one attached hydrogen (secondary N) is 16. The summed E-state index contributed by atoms with van der Waals surface area (Å²) in [6.07, 6.45) is 9.35. The number of nitrogens with zero attached hydrogens (tertiary/aromatic N) is 12. The number of carbonyl (C=O) groups is 12. The molecule has 3 aromatic carbocycles. The van der Waals surface area contributed by atoms with E-state index in [9.17, 15) is 57.5 Å². The number of aryl methyl sites for hydroxylation is 6. The first-order valence-electron chi connectivity index (χ1n) is 44.5. The Morgan fingerprint density at radius 2 is 0.964 bits per heavy atom. The standard InChI is InChI=1S/C89H117ClN30O19/c1-54-113-114-77-65(107-76(55-12-14-56(90)15-13-55)62-48-61(133-7)20-21-66(62)120(54)77)49-75(125)103-57-16-18-60(19-17-57)139-45-44-138-43-40-136-37-33-100-81(126)63(10-8-26-101-88(91)92)108-82(127)64(11-9-27-102-89(93)94)106-74(124)25-35-134-38-41-137-42-39-135-36-32-95-71(121)22-28-99-85(130)79-111-69(52-118(79)5)109-72(122)23-29-98-84(129)68-47-59(51-117(68)4)105-87(132)80-112-70(53-119(80)6)110-73(123)24-30-97-83(128)67-46-58(50-116(67)3)104-86(131)78-96-31-34-115(78)2/h12-21,31,34,46-48,50-53,63-65H,8-11,22-30,32-33,35-45,49H2,1-7H3,(H,95,121)(H,97,128)(H,98,129)(H,99,130)(H,100,126)(H,103,125)(H,104,131)(H,105,132)(H,106,124)(H,108,127)(H,109,122)(H,110,123)(H4,91,92,101)(H4,93,94,102)/t63-,64-,65-/m0/s1. The minimum absolute atomic E-state index is 0.0192. The summed E-state index contributed by atoms with van der Waals surface area (Å²) in [7, 11) is 9.56.